The van der Waals surface area contributed by atoms with Crippen molar-refractivity contribution in [3.05, 3.63) is 84.4 Å². The zero-order valence-corrected chi connectivity index (χ0v) is 21.8. The van der Waals surface area contributed by atoms with Gasteiger partial charge in [-0.2, -0.15) is 0 Å². The zero-order valence-electron chi connectivity index (χ0n) is 21.8. The number of unbranched alkanes of at least 4 members (excludes halogenated alkanes) is 1. The first-order valence-corrected chi connectivity index (χ1v) is 11.7. The fourth-order valence-electron chi connectivity index (χ4n) is 2.57. The summed E-state index contributed by atoms with van der Waals surface area (Å²) in [5.74, 6) is 0.784. The Balaban J connectivity index is 0. The maximum absolute atomic E-state index is 11.8. The number of nitrogens with one attached hydrogen (secondary N) is 1. The predicted octanol–water partition coefficient (Wildman–Crippen LogP) is 6.82. The summed E-state index contributed by atoms with van der Waals surface area (Å²) in [6, 6.07) is 0.258. The monoisotopic (exact) mass is 460 g/mol. The second kappa shape index (κ2) is 21.0. The minimum Gasteiger partial charge on any atom is -0.498 e. The average molecular weight is 461 g/mol. The number of ether oxygens (including phenoxy) is 1. The number of carbonyl (C=O) groups excluding carboxylic acids is 1. The molecule has 1 aliphatic heterocycles. The van der Waals surface area contributed by atoms with Gasteiger partial charge in [0.15, 0.2) is 0 Å². The molecular formula is C28H45FN2O2. The summed E-state index contributed by atoms with van der Waals surface area (Å²) in [7, 11) is 3.59. The van der Waals surface area contributed by atoms with E-state index in [-0.39, 0.29) is 11.9 Å². The van der Waals surface area contributed by atoms with Crippen LogP contribution in [0.15, 0.2) is 84.4 Å². The Hall–Kier alpha value is -2.82. The third kappa shape index (κ3) is 14.8. The van der Waals surface area contributed by atoms with Crippen LogP contribution in [-0.2, 0) is 9.53 Å². The fourth-order valence-corrected chi connectivity index (χ4v) is 2.57. The molecule has 1 unspecified atom stereocenters. The lowest BCUT2D eigenvalue weighted by molar-refractivity contribution is -0.116. The van der Waals surface area contributed by atoms with E-state index < -0.39 is 6.67 Å². The fraction of sp³-hybridized carbons (Fsp3) is 0.464. The van der Waals surface area contributed by atoms with Crippen LogP contribution in [0.25, 0.3) is 0 Å². The highest BCUT2D eigenvalue weighted by Gasteiger charge is 2.12. The summed E-state index contributed by atoms with van der Waals surface area (Å²) in [6.07, 6.45) is 17.6. The lowest BCUT2D eigenvalue weighted by Gasteiger charge is -2.28. The highest BCUT2D eigenvalue weighted by Crippen LogP contribution is 2.17. The standard InChI is InChI=1S/C16H23NO.C10H16FNO.C2H6/c1-6-13(2)17(5)15(4)16-9-7-8-12-18-14(3)10-11-16;1-3-4-6-9(7-5-8-11)10(13)12-2;1-2/h6-7,9-11,15H,1-2,8,12H2,3-5H3;5-7H,3-4,8H2,1-2H3,(H,12,13);1-2H3/b9-7+,14-10+,16-11+;7-5-,9-6+;. The SMILES string of the molecule is C=CC(=C)N(C)C(C)C1=C/C=C(\C)OCC\C=C\1.CC.CCC/C=C(\C=C/CF)C(=O)NC. The molecule has 1 atom stereocenters. The van der Waals surface area contributed by atoms with E-state index in [0.29, 0.717) is 5.57 Å². The number of rotatable bonds is 9. The molecule has 0 aliphatic carbocycles. The van der Waals surface area contributed by atoms with Crippen molar-refractivity contribution in [2.75, 3.05) is 27.4 Å². The van der Waals surface area contributed by atoms with E-state index in [2.05, 4.69) is 48.5 Å². The third-order valence-electron chi connectivity index (χ3n) is 4.72. The number of carbonyl (C=O) groups is 1. The average Bonchev–Trinajstić information content (AvgIpc) is 2.95. The van der Waals surface area contributed by atoms with Gasteiger partial charge in [-0.05, 0) is 44.4 Å². The van der Waals surface area contributed by atoms with E-state index >= 15 is 0 Å². The molecule has 1 rings (SSSR count). The van der Waals surface area contributed by atoms with Crippen LogP contribution in [0.5, 0.6) is 0 Å². The Morgan fingerprint density at radius 2 is 2.03 bits per heavy atom. The molecule has 186 valence electrons. The normalized spacial score (nSPS) is 18.5. The number of nitrogens with zero attached hydrogens (tertiary/aromatic N) is 1. The number of alkyl halides is 1. The molecule has 0 fully saturated rings. The molecule has 1 N–H and O–H groups in total. The summed E-state index contributed by atoms with van der Waals surface area (Å²) in [4.78, 5) is 13.3. The molecule has 4 nitrogen and oxygen atoms in total. The molecule has 0 aromatic heterocycles. The molecule has 0 radical (unpaired) electrons. The molecule has 0 spiro atoms. The quantitative estimate of drug-likeness (QED) is 0.303. The van der Waals surface area contributed by atoms with Crippen molar-refractivity contribution >= 4 is 5.91 Å². The first-order chi connectivity index (χ1) is 15.8. The molecule has 0 aromatic rings. The van der Waals surface area contributed by atoms with Crippen molar-refractivity contribution in [1.29, 1.82) is 0 Å². The van der Waals surface area contributed by atoms with E-state index in [1.807, 2.05) is 46.9 Å². The lowest BCUT2D eigenvalue weighted by atomic mass is 10.1. The molecule has 1 aliphatic rings. The Morgan fingerprint density at radius 3 is 2.58 bits per heavy atom. The Kier molecular flexibility index (Phi) is 20.6. The number of allylic oxidation sites excluding steroid dienone is 6. The second-order valence-electron chi connectivity index (χ2n) is 7.05. The Labute approximate surface area is 202 Å². The van der Waals surface area contributed by atoms with Gasteiger partial charge in [0, 0.05) is 25.4 Å². The van der Waals surface area contributed by atoms with E-state index in [9.17, 15) is 9.18 Å². The van der Waals surface area contributed by atoms with Crippen molar-refractivity contribution in [2.45, 2.75) is 59.9 Å². The number of halogens is 1. The van der Waals surface area contributed by atoms with Crippen LogP contribution >= 0.6 is 0 Å². The van der Waals surface area contributed by atoms with Crippen LogP contribution in [0.2, 0.25) is 0 Å². The van der Waals surface area contributed by atoms with Crippen LogP contribution in [0, 0.1) is 0 Å². The molecule has 1 heterocycles. The third-order valence-corrected chi connectivity index (χ3v) is 4.72. The number of hydrogen-bond donors (Lipinski definition) is 1. The van der Waals surface area contributed by atoms with E-state index in [4.69, 9.17) is 4.74 Å². The maximum atomic E-state index is 11.8. The Bertz CT molecular complexity index is 730. The van der Waals surface area contributed by atoms with Crippen LogP contribution in [0.1, 0.15) is 53.9 Å². The lowest BCUT2D eigenvalue weighted by Crippen LogP contribution is -2.28. The van der Waals surface area contributed by atoms with Gasteiger partial charge in [-0.15, -0.1) is 0 Å². The van der Waals surface area contributed by atoms with Gasteiger partial charge in [-0.1, -0.05) is 76.8 Å². The largest absolute Gasteiger partial charge is 0.498 e. The molecule has 0 aromatic carbocycles. The summed E-state index contributed by atoms with van der Waals surface area (Å²) in [6.45, 7) is 18.1. The molecule has 1 amide bonds. The van der Waals surface area contributed by atoms with Crippen LogP contribution in [0.4, 0.5) is 4.39 Å². The molecule has 0 saturated carbocycles. The van der Waals surface area contributed by atoms with Gasteiger partial charge in [0.05, 0.1) is 18.4 Å². The minimum absolute atomic E-state index is 0.168. The van der Waals surface area contributed by atoms with Crippen LogP contribution < -0.4 is 5.32 Å². The topological polar surface area (TPSA) is 41.6 Å². The number of hydrogen-bond acceptors (Lipinski definition) is 3. The van der Waals surface area contributed by atoms with Gasteiger partial charge in [0.25, 0.3) is 5.91 Å². The van der Waals surface area contributed by atoms with E-state index in [1.54, 1.807) is 13.1 Å². The van der Waals surface area contributed by atoms with Gasteiger partial charge in [-0.25, -0.2) is 4.39 Å². The van der Waals surface area contributed by atoms with E-state index in [1.165, 1.54) is 17.7 Å². The minimum atomic E-state index is -0.541. The van der Waals surface area contributed by atoms with Crippen molar-refractivity contribution in [2.24, 2.45) is 0 Å². The van der Waals surface area contributed by atoms with Gasteiger partial charge >= 0.3 is 0 Å². The summed E-state index contributed by atoms with van der Waals surface area (Å²) >= 11 is 0. The molecule has 0 saturated heterocycles. The van der Waals surface area contributed by atoms with E-state index in [0.717, 1.165) is 37.3 Å². The van der Waals surface area contributed by atoms with Crippen LogP contribution in [0.3, 0.4) is 0 Å². The molecular weight excluding hydrogens is 415 g/mol. The number of amides is 1. The Morgan fingerprint density at radius 1 is 1.36 bits per heavy atom. The van der Waals surface area contributed by atoms with Gasteiger partial charge < -0.3 is 15.0 Å². The van der Waals surface area contributed by atoms with Crippen molar-refractivity contribution in [3.8, 4) is 0 Å². The molecule has 33 heavy (non-hydrogen) atoms. The van der Waals surface area contributed by atoms with Crippen molar-refractivity contribution in [3.63, 3.8) is 0 Å². The highest BCUT2D eigenvalue weighted by molar-refractivity contribution is 5.95. The van der Waals surface area contributed by atoms with Crippen LogP contribution in [-0.4, -0.2) is 44.2 Å². The van der Waals surface area contributed by atoms with Gasteiger partial charge in [0.2, 0.25) is 0 Å². The van der Waals surface area contributed by atoms with Gasteiger partial charge in [-0.3, -0.25) is 4.79 Å². The molecule has 5 heteroatoms. The number of likely N-dealkylation sites (N-methyl/N-ethyl adjacent to an activating group) is 2. The van der Waals surface area contributed by atoms with Crippen molar-refractivity contribution < 1.29 is 13.9 Å². The maximum Gasteiger partial charge on any atom is 0.250 e. The first-order valence-electron chi connectivity index (χ1n) is 11.7. The molecule has 0 bridgehead atoms. The zero-order chi connectivity index (χ0) is 25.6. The summed E-state index contributed by atoms with van der Waals surface area (Å²) in [5, 5.41) is 2.50. The highest BCUT2D eigenvalue weighted by atomic mass is 19.1. The predicted molar refractivity (Wildman–Crippen MR) is 142 cm³/mol. The first kappa shape index (κ1) is 32.4. The second-order valence-corrected chi connectivity index (χ2v) is 7.05. The summed E-state index contributed by atoms with van der Waals surface area (Å²) in [5.41, 5.74) is 2.70. The van der Waals surface area contributed by atoms with Gasteiger partial charge in [0.1, 0.15) is 6.67 Å². The summed E-state index contributed by atoms with van der Waals surface area (Å²) < 4.78 is 17.3. The smallest absolute Gasteiger partial charge is 0.250 e. The van der Waals surface area contributed by atoms with Crippen molar-refractivity contribution in [1.82, 2.24) is 10.2 Å².